The highest BCUT2D eigenvalue weighted by Gasteiger charge is 2.34. The summed E-state index contributed by atoms with van der Waals surface area (Å²) < 4.78 is 5.04. The summed E-state index contributed by atoms with van der Waals surface area (Å²) in [6.07, 6.45) is 1.61. The van der Waals surface area contributed by atoms with Crippen molar-refractivity contribution in [3.63, 3.8) is 0 Å². The number of nitrogens with zero attached hydrogens (tertiary/aromatic N) is 1. The molecule has 0 saturated carbocycles. The monoisotopic (exact) mass is 328 g/mol. The van der Waals surface area contributed by atoms with E-state index in [0.29, 0.717) is 19.7 Å². The number of unbranched alkanes of at least 4 members (excludes halogenated alkanes) is 1. The van der Waals surface area contributed by atoms with Gasteiger partial charge in [0, 0.05) is 25.9 Å². The molecule has 0 bridgehead atoms. The van der Waals surface area contributed by atoms with Gasteiger partial charge in [0.2, 0.25) is 11.8 Å². The van der Waals surface area contributed by atoms with E-state index in [1.165, 1.54) is 4.90 Å². The average molecular weight is 328 g/mol. The van der Waals surface area contributed by atoms with Crippen molar-refractivity contribution in [2.75, 3.05) is 19.7 Å². The molecule has 2 N–H and O–H groups in total. The summed E-state index contributed by atoms with van der Waals surface area (Å²) in [6.45, 7) is 2.91. The molecule has 1 fully saturated rings. The molecule has 0 radical (unpaired) electrons. The highest BCUT2D eigenvalue weighted by molar-refractivity contribution is 5.92. The normalized spacial score (nSPS) is 17.5. The molecule has 0 spiro atoms. The predicted octanol–water partition coefficient (Wildman–Crippen LogP) is 0.302. The molecule has 0 aromatic rings. The van der Waals surface area contributed by atoms with Crippen molar-refractivity contribution in [1.29, 1.82) is 0 Å². The summed E-state index contributed by atoms with van der Waals surface area (Å²) >= 11 is 0. The maximum Gasteiger partial charge on any atom is 0.308 e. The number of aliphatic carboxylic acids is 1. The van der Waals surface area contributed by atoms with Gasteiger partial charge in [0.1, 0.15) is 6.04 Å². The second-order valence-electron chi connectivity index (χ2n) is 5.42. The molecule has 23 heavy (non-hydrogen) atoms. The Balaban J connectivity index is 2.56. The first-order valence-corrected chi connectivity index (χ1v) is 7.90. The Labute approximate surface area is 135 Å². The van der Waals surface area contributed by atoms with Gasteiger partial charge < -0.3 is 20.1 Å². The third kappa shape index (κ3) is 6.66. The average Bonchev–Trinajstić information content (AvgIpc) is 2.49. The van der Waals surface area contributed by atoms with Gasteiger partial charge in [-0.3, -0.25) is 19.2 Å². The Morgan fingerprint density at radius 2 is 2.04 bits per heavy atom. The van der Waals surface area contributed by atoms with Crippen molar-refractivity contribution >= 4 is 23.8 Å². The van der Waals surface area contributed by atoms with Crippen LogP contribution in [0.4, 0.5) is 0 Å². The van der Waals surface area contributed by atoms with Crippen molar-refractivity contribution in [1.82, 2.24) is 10.2 Å². The van der Waals surface area contributed by atoms with Crippen LogP contribution in [-0.2, 0) is 23.9 Å². The number of carboxylic acid groups (broad SMARTS) is 1. The Morgan fingerprint density at radius 3 is 2.70 bits per heavy atom. The molecule has 8 heteroatoms. The van der Waals surface area contributed by atoms with Gasteiger partial charge in [-0.15, -0.1) is 0 Å². The van der Waals surface area contributed by atoms with Crippen molar-refractivity contribution in [3.8, 4) is 0 Å². The Bertz CT molecular complexity index is 451. The smallest absolute Gasteiger partial charge is 0.308 e. The first-order chi connectivity index (χ1) is 11.0. The van der Waals surface area contributed by atoms with Gasteiger partial charge in [0.05, 0.1) is 13.0 Å². The van der Waals surface area contributed by atoms with Crippen LogP contribution < -0.4 is 5.32 Å². The first-order valence-electron chi connectivity index (χ1n) is 7.90. The van der Waals surface area contributed by atoms with Crippen molar-refractivity contribution in [2.45, 2.75) is 51.5 Å². The van der Waals surface area contributed by atoms with Gasteiger partial charge in [-0.2, -0.15) is 0 Å². The third-order valence-corrected chi connectivity index (χ3v) is 3.55. The van der Waals surface area contributed by atoms with Gasteiger partial charge in [0.15, 0.2) is 0 Å². The van der Waals surface area contributed by atoms with Crippen LogP contribution in [-0.4, -0.2) is 59.5 Å². The molecule has 1 saturated heterocycles. The maximum atomic E-state index is 12.2. The van der Waals surface area contributed by atoms with E-state index >= 15 is 0 Å². The molecule has 1 aliphatic rings. The highest BCUT2D eigenvalue weighted by Crippen LogP contribution is 2.13. The summed E-state index contributed by atoms with van der Waals surface area (Å²) in [4.78, 5) is 47.8. The summed E-state index contributed by atoms with van der Waals surface area (Å²) in [5, 5.41) is 11.2. The molecular formula is C15H24N2O6. The van der Waals surface area contributed by atoms with E-state index in [0.717, 1.165) is 12.8 Å². The Kier molecular flexibility index (Phi) is 8.07. The van der Waals surface area contributed by atoms with Crippen LogP contribution in [0, 0.1) is 0 Å². The van der Waals surface area contributed by atoms with Crippen LogP contribution in [0.25, 0.3) is 0 Å². The van der Waals surface area contributed by atoms with Crippen LogP contribution in [0.3, 0.4) is 0 Å². The third-order valence-electron chi connectivity index (χ3n) is 3.55. The SMILES string of the molecule is CCCCOC(=O)C[C@H]1C(=O)NCCN1C(=O)CCCC(=O)O. The lowest BCUT2D eigenvalue weighted by Crippen LogP contribution is -2.57. The fraction of sp³-hybridized carbons (Fsp3) is 0.733. The molecule has 1 rings (SSSR count). The minimum absolute atomic E-state index is 0.0426. The minimum atomic E-state index is -0.967. The van der Waals surface area contributed by atoms with Crippen molar-refractivity contribution in [2.24, 2.45) is 0 Å². The second kappa shape index (κ2) is 9.81. The number of esters is 1. The van der Waals surface area contributed by atoms with E-state index in [9.17, 15) is 19.2 Å². The van der Waals surface area contributed by atoms with E-state index in [4.69, 9.17) is 9.84 Å². The topological polar surface area (TPSA) is 113 Å². The number of rotatable bonds is 9. The van der Waals surface area contributed by atoms with Gasteiger partial charge in [0.25, 0.3) is 0 Å². The van der Waals surface area contributed by atoms with Crippen LogP contribution in [0.5, 0.6) is 0 Å². The first kappa shape index (κ1) is 18.9. The molecule has 0 aromatic heterocycles. The van der Waals surface area contributed by atoms with Crippen LogP contribution >= 0.6 is 0 Å². The van der Waals surface area contributed by atoms with Crippen LogP contribution in [0.2, 0.25) is 0 Å². The fourth-order valence-corrected chi connectivity index (χ4v) is 2.30. The number of hydrogen-bond acceptors (Lipinski definition) is 5. The van der Waals surface area contributed by atoms with Gasteiger partial charge >= 0.3 is 11.9 Å². The number of amides is 2. The van der Waals surface area contributed by atoms with E-state index in [-0.39, 0.29) is 37.5 Å². The summed E-state index contributed by atoms with van der Waals surface area (Å²) in [6, 6.07) is -0.879. The molecule has 1 aliphatic heterocycles. The number of piperazine rings is 1. The molecule has 0 aliphatic carbocycles. The lowest BCUT2D eigenvalue weighted by molar-refractivity contribution is -0.152. The van der Waals surface area contributed by atoms with Crippen LogP contribution in [0.15, 0.2) is 0 Å². The van der Waals surface area contributed by atoms with Crippen LogP contribution in [0.1, 0.15) is 45.4 Å². The lowest BCUT2D eigenvalue weighted by atomic mass is 10.1. The quantitative estimate of drug-likeness (QED) is 0.465. The van der Waals surface area contributed by atoms with E-state index in [1.807, 2.05) is 6.92 Å². The zero-order valence-corrected chi connectivity index (χ0v) is 13.4. The minimum Gasteiger partial charge on any atom is -0.481 e. The Hall–Kier alpha value is -2.12. The molecule has 2 amide bonds. The van der Waals surface area contributed by atoms with Crippen molar-refractivity contribution < 1.29 is 29.0 Å². The number of ether oxygens (including phenoxy) is 1. The lowest BCUT2D eigenvalue weighted by Gasteiger charge is -2.34. The summed E-state index contributed by atoms with van der Waals surface area (Å²) in [5.41, 5.74) is 0. The standard InChI is InChI=1S/C15H24N2O6/c1-2-3-9-23-14(21)10-11-15(22)16-7-8-17(11)12(18)5-4-6-13(19)20/h11H,2-10H2,1H3,(H,16,22)(H,19,20)/t11-/m0/s1. The predicted molar refractivity (Wildman–Crippen MR) is 80.5 cm³/mol. The van der Waals surface area contributed by atoms with E-state index < -0.39 is 18.0 Å². The fourth-order valence-electron chi connectivity index (χ4n) is 2.30. The second-order valence-corrected chi connectivity index (χ2v) is 5.42. The largest absolute Gasteiger partial charge is 0.481 e. The van der Waals surface area contributed by atoms with Gasteiger partial charge in [-0.25, -0.2) is 0 Å². The number of carboxylic acids is 1. The molecule has 0 unspecified atom stereocenters. The number of carbonyl (C=O) groups excluding carboxylic acids is 3. The molecule has 1 heterocycles. The van der Waals surface area contributed by atoms with Gasteiger partial charge in [-0.05, 0) is 12.8 Å². The zero-order chi connectivity index (χ0) is 17.2. The summed E-state index contributed by atoms with van der Waals surface area (Å²) in [7, 11) is 0. The highest BCUT2D eigenvalue weighted by atomic mass is 16.5. The zero-order valence-electron chi connectivity index (χ0n) is 13.4. The molecule has 130 valence electrons. The Morgan fingerprint density at radius 1 is 1.30 bits per heavy atom. The molecule has 1 atom stereocenters. The number of carbonyl (C=O) groups is 4. The summed E-state index contributed by atoms with van der Waals surface area (Å²) in [5.74, 6) is -2.17. The molecule has 0 aromatic carbocycles. The maximum absolute atomic E-state index is 12.2. The van der Waals surface area contributed by atoms with E-state index in [2.05, 4.69) is 5.32 Å². The van der Waals surface area contributed by atoms with Gasteiger partial charge in [-0.1, -0.05) is 13.3 Å². The van der Waals surface area contributed by atoms with E-state index in [1.54, 1.807) is 0 Å². The number of nitrogens with one attached hydrogen (secondary N) is 1. The number of hydrogen-bond donors (Lipinski definition) is 2. The molecule has 8 nitrogen and oxygen atoms in total. The molecular weight excluding hydrogens is 304 g/mol. The van der Waals surface area contributed by atoms with Crippen molar-refractivity contribution in [3.05, 3.63) is 0 Å².